The van der Waals surface area contributed by atoms with Crippen LogP contribution in [0.5, 0.6) is 0 Å². The Morgan fingerprint density at radius 3 is 2.53 bits per heavy atom. The van der Waals surface area contributed by atoms with Crippen LogP contribution in [-0.2, 0) is 10.0 Å². The zero-order valence-electron chi connectivity index (χ0n) is 9.51. The molecule has 1 N–H and O–H groups in total. The Balaban J connectivity index is 2.38. The number of thiazole rings is 1. The van der Waals surface area contributed by atoms with Gasteiger partial charge >= 0.3 is 0 Å². The highest BCUT2D eigenvalue weighted by Crippen LogP contribution is 2.26. The van der Waals surface area contributed by atoms with Crippen molar-refractivity contribution >= 4 is 27.0 Å². The first kappa shape index (κ1) is 12.1. The molecule has 8 heteroatoms. The molecule has 0 amide bonds. The molecule has 0 saturated heterocycles. The number of sulfonamides is 1. The van der Waals surface area contributed by atoms with Crippen LogP contribution in [0.4, 0.5) is 5.69 Å². The van der Waals surface area contributed by atoms with Crippen molar-refractivity contribution in [3.63, 3.8) is 0 Å². The second-order valence-electron chi connectivity index (χ2n) is 3.51. The first-order valence-corrected chi connectivity index (χ1v) is 7.08. The van der Waals surface area contributed by atoms with Gasteiger partial charge in [-0.05, 0) is 20.8 Å². The van der Waals surface area contributed by atoms with E-state index in [2.05, 4.69) is 14.9 Å². The number of hydrogen-bond acceptors (Lipinski definition) is 6. The highest BCUT2D eigenvalue weighted by atomic mass is 32.2. The maximum atomic E-state index is 12.1. The van der Waals surface area contributed by atoms with Gasteiger partial charge in [0.2, 0.25) is 0 Å². The summed E-state index contributed by atoms with van der Waals surface area (Å²) in [7, 11) is -3.61. The molecule has 2 aromatic rings. The van der Waals surface area contributed by atoms with E-state index in [4.69, 9.17) is 4.52 Å². The molecule has 2 heterocycles. The van der Waals surface area contributed by atoms with Gasteiger partial charge < -0.3 is 4.52 Å². The molecular formula is C9H11N3O3S2. The molecule has 17 heavy (non-hydrogen) atoms. The van der Waals surface area contributed by atoms with Gasteiger partial charge in [0.25, 0.3) is 10.0 Å². The predicted octanol–water partition coefficient (Wildman–Crippen LogP) is 1.86. The smallest absolute Gasteiger partial charge is 0.273 e. The SMILES string of the molecule is Cc1nc(C)c(S(=O)(=O)Nc2cnoc2C)s1. The average molecular weight is 273 g/mol. The molecule has 0 fully saturated rings. The van der Waals surface area contributed by atoms with Crippen molar-refractivity contribution in [2.45, 2.75) is 25.0 Å². The zero-order valence-corrected chi connectivity index (χ0v) is 11.1. The third-order valence-electron chi connectivity index (χ3n) is 2.10. The van der Waals surface area contributed by atoms with E-state index in [-0.39, 0.29) is 4.21 Å². The Labute approximate surface area is 103 Å². The summed E-state index contributed by atoms with van der Waals surface area (Å²) in [5, 5.41) is 4.23. The summed E-state index contributed by atoms with van der Waals surface area (Å²) >= 11 is 1.14. The third-order valence-corrected chi connectivity index (χ3v) is 5.15. The minimum absolute atomic E-state index is 0.218. The minimum atomic E-state index is -3.61. The molecule has 0 aromatic carbocycles. The fourth-order valence-corrected chi connectivity index (χ4v) is 3.93. The van der Waals surface area contributed by atoms with E-state index < -0.39 is 10.0 Å². The summed E-state index contributed by atoms with van der Waals surface area (Å²) in [4.78, 5) is 4.09. The molecular weight excluding hydrogens is 262 g/mol. The van der Waals surface area contributed by atoms with Crippen LogP contribution in [0.25, 0.3) is 0 Å². The number of rotatable bonds is 3. The van der Waals surface area contributed by atoms with E-state index in [1.165, 1.54) is 6.20 Å². The number of aryl methyl sites for hydroxylation is 3. The summed E-state index contributed by atoms with van der Waals surface area (Å²) < 4.78 is 31.6. The molecule has 0 atom stereocenters. The Morgan fingerprint density at radius 2 is 2.06 bits per heavy atom. The van der Waals surface area contributed by atoms with E-state index in [0.29, 0.717) is 22.1 Å². The highest BCUT2D eigenvalue weighted by Gasteiger charge is 2.22. The maximum absolute atomic E-state index is 12.1. The summed E-state index contributed by atoms with van der Waals surface area (Å²) in [5.41, 5.74) is 0.838. The quantitative estimate of drug-likeness (QED) is 0.922. The van der Waals surface area contributed by atoms with Gasteiger partial charge in [-0.1, -0.05) is 5.16 Å². The van der Waals surface area contributed by atoms with Gasteiger partial charge in [-0.25, -0.2) is 13.4 Å². The van der Waals surface area contributed by atoms with E-state index >= 15 is 0 Å². The van der Waals surface area contributed by atoms with Crippen LogP contribution in [0.15, 0.2) is 14.9 Å². The van der Waals surface area contributed by atoms with Crippen molar-refractivity contribution in [2.75, 3.05) is 4.72 Å². The average Bonchev–Trinajstić information content (AvgIpc) is 2.74. The van der Waals surface area contributed by atoms with Gasteiger partial charge in [-0.3, -0.25) is 4.72 Å². The molecule has 0 saturated carbocycles. The summed E-state index contributed by atoms with van der Waals surface area (Å²) in [6, 6.07) is 0. The zero-order chi connectivity index (χ0) is 12.6. The molecule has 92 valence electrons. The Hall–Kier alpha value is -1.41. The van der Waals surface area contributed by atoms with Crippen molar-refractivity contribution in [1.82, 2.24) is 10.1 Å². The number of aromatic nitrogens is 2. The lowest BCUT2D eigenvalue weighted by Gasteiger charge is -2.03. The van der Waals surface area contributed by atoms with Crippen LogP contribution in [-0.4, -0.2) is 18.6 Å². The number of hydrogen-bond donors (Lipinski definition) is 1. The molecule has 0 spiro atoms. The van der Waals surface area contributed by atoms with Crippen LogP contribution < -0.4 is 4.72 Å². The minimum Gasteiger partial charge on any atom is -0.359 e. The van der Waals surface area contributed by atoms with E-state index in [0.717, 1.165) is 11.3 Å². The lowest BCUT2D eigenvalue weighted by Crippen LogP contribution is -2.12. The van der Waals surface area contributed by atoms with Crippen LogP contribution in [0.2, 0.25) is 0 Å². The third kappa shape index (κ3) is 2.32. The lowest BCUT2D eigenvalue weighted by atomic mass is 10.4. The van der Waals surface area contributed by atoms with Gasteiger partial charge in [-0.2, -0.15) is 0 Å². The first-order chi connectivity index (χ1) is 7.90. The number of nitrogens with zero attached hydrogens (tertiary/aromatic N) is 2. The van der Waals surface area contributed by atoms with Crippen LogP contribution >= 0.6 is 11.3 Å². The van der Waals surface area contributed by atoms with Crippen LogP contribution in [0.3, 0.4) is 0 Å². The first-order valence-electron chi connectivity index (χ1n) is 4.78. The summed E-state index contributed by atoms with van der Waals surface area (Å²) in [5.74, 6) is 0.424. The van der Waals surface area contributed by atoms with Crippen molar-refractivity contribution < 1.29 is 12.9 Å². The largest absolute Gasteiger partial charge is 0.359 e. The second-order valence-corrected chi connectivity index (χ2v) is 6.59. The monoisotopic (exact) mass is 273 g/mol. The van der Waals surface area contributed by atoms with Gasteiger partial charge in [0.1, 0.15) is 5.69 Å². The summed E-state index contributed by atoms with van der Waals surface area (Å²) in [6.45, 7) is 5.06. The van der Waals surface area contributed by atoms with E-state index in [9.17, 15) is 8.42 Å². The molecule has 0 bridgehead atoms. The van der Waals surface area contributed by atoms with Crippen molar-refractivity contribution in [3.8, 4) is 0 Å². The predicted molar refractivity (Wildman–Crippen MR) is 63.6 cm³/mol. The maximum Gasteiger partial charge on any atom is 0.273 e. The van der Waals surface area contributed by atoms with Gasteiger partial charge in [0.15, 0.2) is 9.97 Å². The fourth-order valence-electron chi connectivity index (χ4n) is 1.35. The van der Waals surface area contributed by atoms with Crippen molar-refractivity contribution in [2.24, 2.45) is 0 Å². The Bertz CT molecular complexity index is 642. The molecule has 0 unspecified atom stereocenters. The Morgan fingerprint density at radius 1 is 1.35 bits per heavy atom. The lowest BCUT2D eigenvalue weighted by molar-refractivity contribution is 0.398. The van der Waals surface area contributed by atoms with Crippen molar-refractivity contribution in [1.29, 1.82) is 0 Å². The molecule has 0 aliphatic rings. The second kappa shape index (κ2) is 4.11. The fraction of sp³-hybridized carbons (Fsp3) is 0.333. The standard InChI is InChI=1S/C9H11N3O3S2/c1-5-9(16-7(3)11-5)17(13,14)12-8-4-10-15-6(8)2/h4,12H,1-3H3. The van der Waals surface area contributed by atoms with Crippen LogP contribution in [0.1, 0.15) is 16.5 Å². The van der Waals surface area contributed by atoms with Gasteiger partial charge in [-0.15, -0.1) is 11.3 Å². The summed E-state index contributed by atoms with van der Waals surface area (Å²) in [6.07, 6.45) is 1.33. The highest BCUT2D eigenvalue weighted by molar-refractivity contribution is 7.94. The molecule has 0 radical (unpaired) electrons. The van der Waals surface area contributed by atoms with E-state index in [1.54, 1.807) is 20.8 Å². The Kier molecular flexibility index (Phi) is 2.92. The van der Waals surface area contributed by atoms with Gasteiger partial charge in [0.05, 0.1) is 16.9 Å². The molecule has 2 aromatic heterocycles. The topological polar surface area (TPSA) is 85.1 Å². The number of anilines is 1. The van der Waals surface area contributed by atoms with E-state index in [1.807, 2.05) is 0 Å². The molecule has 0 aliphatic carbocycles. The molecule has 2 rings (SSSR count). The number of nitrogens with one attached hydrogen (secondary N) is 1. The van der Waals surface area contributed by atoms with Crippen molar-refractivity contribution in [3.05, 3.63) is 22.7 Å². The normalized spacial score (nSPS) is 11.7. The molecule has 0 aliphatic heterocycles. The molecule has 6 nitrogen and oxygen atoms in total. The van der Waals surface area contributed by atoms with Crippen LogP contribution in [0, 0.1) is 20.8 Å². The van der Waals surface area contributed by atoms with Gasteiger partial charge in [0, 0.05) is 0 Å².